The van der Waals surface area contributed by atoms with Crippen LogP contribution in [0.25, 0.3) is 0 Å². The van der Waals surface area contributed by atoms with Crippen LogP contribution >= 0.6 is 0 Å². The Balaban J connectivity index is 2.09. The van der Waals surface area contributed by atoms with Crippen LogP contribution < -0.4 is 16.5 Å². The molecule has 1 heterocycles. The monoisotopic (exact) mass is 173 g/mol. The fourth-order valence-corrected chi connectivity index (χ4v) is 1.18. The highest BCUT2D eigenvalue weighted by Crippen LogP contribution is 1.93. The lowest BCUT2D eigenvalue weighted by atomic mass is 10.4. The van der Waals surface area contributed by atoms with Gasteiger partial charge in [0.15, 0.2) is 0 Å². The molecule has 1 saturated heterocycles. The molecule has 0 aromatic carbocycles. The van der Waals surface area contributed by atoms with E-state index in [0.29, 0.717) is 5.96 Å². The molecule has 5 N–H and O–H groups in total. The van der Waals surface area contributed by atoms with Crippen molar-refractivity contribution >= 4 is 5.96 Å². The first-order valence-corrected chi connectivity index (χ1v) is 4.21. The van der Waals surface area contributed by atoms with Gasteiger partial charge in [-0.15, -0.1) is 0 Å². The second-order valence-electron chi connectivity index (χ2n) is 2.84. The number of nitrogens with zero attached hydrogens (tertiary/aromatic N) is 1. The molecule has 0 spiro atoms. The Morgan fingerprint density at radius 1 is 1.33 bits per heavy atom. The van der Waals surface area contributed by atoms with Gasteiger partial charge in [-0.3, -0.25) is 21.4 Å². The van der Waals surface area contributed by atoms with Crippen molar-refractivity contribution in [3.8, 4) is 0 Å². The van der Waals surface area contributed by atoms with Crippen molar-refractivity contribution in [3.05, 3.63) is 0 Å². The van der Waals surface area contributed by atoms with Gasteiger partial charge in [-0.25, -0.2) is 0 Å². The van der Waals surface area contributed by atoms with Crippen LogP contribution in [0.1, 0.15) is 0 Å². The Hall–Kier alpha value is -0.810. The topological polar surface area (TPSA) is 78.5 Å². The van der Waals surface area contributed by atoms with E-state index in [2.05, 4.69) is 9.89 Å². The van der Waals surface area contributed by atoms with Crippen LogP contribution in [0, 0.1) is 0 Å². The lowest BCUT2D eigenvalue weighted by Crippen LogP contribution is -2.79. The molecule has 0 aromatic rings. The second kappa shape index (κ2) is 4.95. The van der Waals surface area contributed by atoms with Gasteiger partial charge in [0.05, 0.1) is 19.8 Å². The van der Waals surface area contributed by atoms with Gasteiger partial charge < -0.3 is 4.74 Å². The standard InChI is InChI=1S/C7H16N4O/c8-7(9)10-1-2-11-3-5-12-6-4-11/h1-6H2,(H4,8,9,10)/p+1. The van der Waals surface area contributed by atoms with Gasteiger partial charge >= 0.3 is 5.96 Å². The van der Waals surface area contributed by atoms with Crippen LogP contribution in [0.5, 0.6) is 0 Å². The van der Waals surface area contributed by atoms with E-state index in [4.69, 9.17) is 16.2 Å². The van der Waals surface area contributed by atoms with E-state index in [0.717, 1.165) is 39.4 Å². The van der Waals surface area contributed by atoms with Crippen molar-refractivity contribution in [1.29, 1.82) is 0 Å². The van der Waals surface area contributed by atoms with Crippen molar-refractivity contribution in [1.82, 2.24) is 4.90 Å². The number of morpholine rings is 1. The maximum absolute atomic E-state index is 5.25. The smallest absolute Gasteiger partial charge is 0.338 e. The third-order valence-corrected chi connectivity index (χ3v) is 1.86. The van der Waals surface area contributed by atoms with Crippen molar-refractivity contribution < 1.29 is 9.73 Å². The summed E-state index contributed by atoms with van der Waals surface area (Å²) in [4.78, 5) is 5.20. The number of ether oxygens (including phenoxy) is 1. The molecule has 0 unspecified atom stereocenters. The fraction of sp³-hybridized carbons (Fsp3) is 0.857. The molecule has 5 nitrogen and oxygen atoms in total. The van der Waals surface area contributed by atoms with Gasteiger partial charge in [0.1, 0.15) is 0 Å². The number of nitrogens with two attached hydrogens (primary N) is 2. The zero-order valence-electron chi connectivity index (χ0n) is 7.25. The second-order valence-corrected chi connectivity index (χ2v) is 2.84. The molecule has 5 heteroatoms. The first-order valence-electron chi connectivity index (χ1n) is 4.21. The van der Waals surface area contributed by atoms with Gasteiger partial charge in [-0.2, -0.15) is 0 Å². The Labute approximate surface area is 72.4 Å². The lowest BCUT2D eigenvalue weighted by Gasteiger charge is -2.25. The maximum atomic E-state index is 5.25. The van der Waals surface area contributed by atoms with Gasteiger partial charge in [0, 0.05) is 19.6 Å². The molecule has 0 aromatic heterocycles. The zero-order chi connectivity index (χ0) is 8.81. The van der Waals surface area contributed by atoms with Crippen LogP contribution in [0.3, 0.4) is 0 Å². The van der Waals surface area contributed by atoms with Crippen molar-refractivity contribution in [2.45, 2.75) is 0 Å². The molecular weight excluding hydrogens is 156 g/mol. The highest BCUT2D eigenvalue weighted by Gasteiger charge is 2.08. The number of guanidine groups is 1. The largest absolute Gasteiger partial charge is 0.379 e. The van der Waals surface area contributed by atoms with E-state index in [1.54, 1.807) is 0 Å². The Morgan fingerprint density at radius 2 is 2.00 bits per heavy atom. The van der Waals surface area contributed by atoms with Crippen molar-refractivity contribution in [2.24, 2.45) is 11.5 Å². The quantitative estimate of drug-likeness (QED) is 0.308. The SMILES string of the molecule is NC(N)=[NH+]CCN1CCOCC1. The molecule has 70 valence electrons. The molecule has 1 rings (SSSR count). The molecular formula is C7H17N4O+. The molecule has 0 radical (unpaired) electrons. The molecule has 0 amide bonds. The van der Waals surface area contributed by atoms with E-state index in [1.807, 2.05) is 0 Å². The average molecular weight is 173 g/mol. The number of nitrogens with one attached hydrogen (secondary N) is 1. The average Bonchev–Trinajstić information content (AvgIpc) is 2.05. The van der Waals surface area contributed by atoms with E-state index < -0.39 is 0 Å². The minimum Gasteiger partial charge on any atom is -0.379 e. The molecule has 0 atom stereocenters. The lowest BCUT2D eigenvalue weighted by molar-refractivity contribution is -0.459. The third kappa shape index (κ3) is 3.54. The predicted octanol–water partition coefficient (Wildman–Crippen LogP) is -3.33. The fourth-order valence-electron chi connectivity index (χ4n) is 1.18. The number of rotatable bonds is 3. The summed E-state index contributed by atoms with van der Waals surface area (Å²) in [7, 11) is 0. The Kier molecular flexibility index (Phi) is 3.83. The van der Waals surface area contributed by atoms with Gasteiger partial charge in [-0.05, 0) is 0 Å². The molecule has 1 fully saturated rings. The summed E-state index contributed by atoms with van der Waals surface area (Å²) in [5, 5.41) is 0. The normalized spacial score (nSPS) is 19.0. The van der Waals surface area contributed by atoms with Gasteiger partial charge in [0.2, 0.25) is 0 Å². The minimum atomic E-state index is 0.295. The molecule has 0 bridgehead atoms. The molecule has 1 aliphatic heterocycles. The first kappa shape index (κ1) is 9.28. The summed E-state index contributed by atoms with van der Waals surface area (Å²) >= 11 is 0. The van der Waals surface area contributed by atoms with Crippen molar-refractivity contribution in [2.75, 3.05) is 39.4 Å². The van der Waals surface area contributed by atoms with E-state index >= 15 is 0 Å². The summed E-state index contributed by atoms with van der Waals surface area (Å²) in [5.41, 5.74) is 10.5. The van der Waals surface area contributed by atoms with Crippen LogP contribution in [0.2, 0.25) is 0 Å². The van der Waals surface area contributed by atoms with Gasteiger partial charge in [-0.1, -0.05) is 0 Å². The van der Waals surface area contributed by atoms with Gasteiger partial charge in [0.25, 0.3) is 0 Å². The maximum Gasteiger partial charge on any atom is 0.338 e. The zero-order valence-corrected chi connectivity index (χ0v) is 7.25. The minimum absolute atomic E-state index is 0.295. The summed E-state index contributed by atoms with van der Waals surface area (Å²) in [5.74, 6) is 0.295. The highest BCUT2D eigenvalue weighted by molar-refractivity contribution is 5.69. The summed E-state index contributed by atoms with van der Waals surface area (Å²) in [6.45, 7) is 5.46. The molecule has 0 saturated carbocycles. The van der Waals surface area contributed by atoms with Crippen LogP contribution in [0.4, 0.5) is 0 Å². The summed E-state index contributed by atoms with van der Waals surface area (Å²) < 4.78 is 5.21. The molecule has 12 heavy (non-hydrogen) atoms. The molecule has 1 aliphatic rings. The molecule has 0 aliphatic carbocycles. The highest BCUT2D eigenvalue weighted by atomic mass is 16.5. The third-order valence-electron chi connectivity index (χ3n) is 1.86. The van der Waals surface area contributed by atoms with Crippen LogP contribution in [-0.2, 0) is 4.74 Å². The predicted molar refractivity (Wildman–Crippen MR) is 46.5 cm³/mol. The number of hydrogen-bond donors (Lipinski definition) is 3. The Morgan fingerprint density at radius 3 is 2.58 bits per heavy atom. The van der Waals surface area contributed by atoms with E-state index in [9.17, 15) is 0 Å². The van der Waals surface area contributed by atoms with Crippen LogP contribution in [-0.4, -0.2) is 50.3 Å². The first-order chi connectivity index (χ1) is 5.79. The van der Waals surface area contributed by atoms with E-state index in [1.165, 1.54) is 0 Å². The summed E-state index contributed by atoms with van der Waals surface area (Å²) in [6, 6.07) is 0. The Bertz CT molecular complexity index is 149. The van der Waals surface area contributed by atoms with Crippen LogP contribution in [0.15, 0.2) is 0 Å². The summed E-state index contributed by atoms with van der Waals surface area (Å²) in [6.07, 6.45) is 0. The van der Waals surface area contributed by atoms with E-state index in [-0.39, 0.29) is 0 Å². The van der Waals surface area contributed by atoms with Crippen molar-refractivity contribution in [3.63, 3.8) is 0 Å². The number of hydrogen-bond acceptors (Lipinski definition) is 2.